The standard InChI is InChI=1S/4C18H36O6S.8K/c1-2-3-4-6-9-12-16(19)15-17(25(22,23)24)13-10-7-5-8-11-14-18(20)21;1-2-3-4-5-8-11-14-17(25(22,23)24)16(19)13-10-7-6-9-12-15-18(20)21;1-2-3-4-5-7-10-13-16(19)17(25(22,23)24)14-11-8-6-9-12-15-18(20)21;1-2-3-4-5-6-10-13-17(25-24-23-22)15-16(19)12-9-7-8-11-14-18(20)21;;;;;;;;/h3*16-17,19H,2-15H2,1H3,(H,20,21)(H,22,23,24);16-17,19,22H,2-15H2,1H3,(H,20,21);;;;;;;;/q;;;;8*+1/p-8. The third kappa shape index (κ3) is 111. The molecular weight excluding hydrogens is 1690 g/mol. The van der Waals surface area contributed by atoms with Crippen LogP contribution in [-0.2, 0) is 58.9 Å². The topological polar surface area (TPSA) is 455 Å². The first-order chi connectivity index (χ1) is 47.4. The quantitative estimate of drug-likeness (QED) is 0.0110. The first-order valence-electron chi connectivity index (χ1n) is 38.4. The minimum Gasteiger partial charge on any atom is -0.748 e. The molecule has 8 atom stereocenters. The zero-order valence-corrected chi connectivity index (χ0v) is 98.1. The molecule has 0 amide bonds. The van der Waals surface area contributed by atoms with Crippen molar-refractivity contribution in [2.75, 3.05) is 0 Å². The second-order valence-electron chi connectivity index (χ2n) is 27.2. The van der Waals surface area contributed by atoms with E-state index in [1.165, 1.54) is 32.1 Å². The second-order valence-corrected chi connectivity index (χ2v) is 33.0. The maximum absolute atomic E-state index is 11.4. The summed E-state index contributed by atoms with van der Waals surface area (Å²) in [5.41, 5.74) is 0. The van der Waals surface area contributed by atoms with Crippen LogP contribution in [0.15, 0.2) is 0 Å². The van der Waals surface area contributed by atoms with Crippen LogP contribution in [0.4, 0.5) is 0 Å². The average Bonchev–Trinajstić information content (AvgIpc) is 0.878. The molecule has 0 spiro atoms. The Hall–Kier alpha value is 10.8. The monoisotopic (exact) mass is 1820 g/mol. The van der Waals surface area contributed by atoms with E-state index in [0.29, 0.717) is 83.5 Å². The number of carbonyl (C=O) groups is 4. The Kier molecular flexibility index (Phi) is 140. The first-order valence-corrected chi connectivity index (χ1v) is 43.6. The summed E-state index contributed by atoms with van der Waals surface area (Å²) >= 11 is 1.00. The van der Waals surface area contributed by atoms with Gasteiger partial charge in [-0.25, -0.2) is 25.3 Å². The van der Waals surface area contributed by atoms with Gasteiger partial charge in [-0.15, -0.1) is 0 Å². The van der Waals surface area contributed by atoms with Crippen LogP contribution in [0, 0.1) is 0 Å². The molecule has 108 heavy (non-hydrogen) atoms. The molecule has 8 unspecified atom stereocenters. The number of carboxylic acids is 4. The van der Waals surface area contributed by atoms with Gasteiger partial charge in [0.05, 0.1) is 50.3 Å². The molecule has 0 radical (unpaired) electrons. The molecule has 4 N–H and O–H groups in total. The third-order valence-electron chi connectivity index (χ3n) is 17.8. The molecule has 0 fully saturated rings. The van der Waals surface area contributed by atoms with E-state index in [0.717, 1.165) is 205 Å². The van der Waals surface area contributed by atoms with Crippen molar-refractivity contribution in [2.45, 2.75) is 433 Å². The van der Waals surface area contributed by atoms with Crippen LogP contribution >= 0.6 is 12.0 Å². The fourth-order valence-corrected chi connectivity index (χ4v) is 15.4. The van der Waals surface area contributed by atoms with E-state index in [-0.39, 0.29) is 468 Å². The Morgan fingerprint density at radius 1 is 0.306 bits per heavy atom. The van der Waals surface area contributed by atoms with Crippen molar-refractivity contribution in [2.24, 2.45) is 0 Å². The Morgan fingerprint density at radius 2 is 0.528 bits per heavy atom. The molecular formula is C72H136K8O24S4. The van der Waals surface area contributed by atoms with Crippen LogP contribution in [0.1, 0.15) is 387 Å². The van der Waals surface area contributed by atoms with Gasteiger partial charge in [0.15, 0.2) is 0 Å². The summed E-state index contributed by atoms with van der Waals surface area (Å²) in [7, 11) is -13.4. The van der Waals surface area contributed by atoms with Gasteiger partial charge in [0.25, 0.3) is 0 Å². The van der Waals surface area contributed by atoms with Crippen molar-refractivity contribution in [1.29, 1.82) is 0 Å². The Bertz CT molecular complexity index is 2250. The molecule has 0 aliphatic carbocycles. The van der Waals surface area contributed by atoms with Crippen molar-refractivity contribution in [3.63, 3.8) is 0 Å². The van der Waals surface area contributed by atoms with E-state index >= 15 is 0 Å². The third-order valence-corrected chi connectivity index (χ3v) is 22.5. The minimum atomic E-state index is -4.51. The number of carboxylic acid groups (broad SMARTS) is 4. The molecule has 0 bridgehead atoms. The summed E-state index contributed by atoms with van der Waals surface area (Å²) in [6, 6.07) is 0. The maximum atomic E-state index is 11.4. The smallest absolute Gasteiger partial charge is 0.748 e. The van der Waals surface area contributed by atoms with E-state index < -0.39 is 94.4 Å². The van der Waals surface area contributed by atoms with E-state index in [1.54, 1.807) is 0 Å². The number of hydrogen-bond donors (Lipinski definition) is 4. The number of rotatable bonds is 70. The van der Waals surface area contributed by atoms with Gasteiger partial charge >= 0.3 is 411 Å². The number of aliphatic carboxylic acids is 4. The summed E-state index contributed by atoms with van der Waals surface area (Å²) in [6.45, 7) is 8.58. The van der Waals surface area contributed by atoms with Gasteiger partial charge in [0.2, 0.25) is 0 Å². The second kappa shape index (κ2) is 105. The van der Waals surface area contributed by atoms with Gasteiger partial charge in [-0.3, -0.25) is 5.04 Å². The SMILES string of the molecule is CCCCCCCC(O)CC(CCCCCCCC(=O)[O-])S(=O)(=O)[O-].CCCCCCCCC(C(O)CCCCCCCC(=O)[O-])S(=O)(=O)[O-].CCCCCCCCC(CC(O)CCCCCCC(=O)[O-])SOO[O-].CCCCCCCCC(O)C(CCCCCCCC(=O)[O-])S(=O)(=O)[O-].[K+].[K+].[K+].[K+].[K+].[K+].[K+].[K+]. The molecule has 24 nitrogen and oxygen atoms in total. The molecule has 0 heterocycles. The molecule has 0 aliphatic heterocycles. The summed E-state index contributed by atoms with van der Waals surface area (Å²) in [5, 5.41) is 91.5. The molecule has 36 heteroatoms. The van der Waals surface area contributed by atoms with Crippen molar-refractivity contribution in [3.8, 4) is 0 Å². The van der Waals surface area contributed by atoms with Gasteiger partial charge in [-0.2, -0.15) is 4.33 Å². The van der Waals surface area contributed by atoms with Crippen molar-refractivity contribution >= 4 is 66.3 Å². The number of hydrogen-bond acceptors (Lipinski definition) is 25. The normalized spacial score (nSPS) is 13.1. The van der Waals surface area contributed by atoms with Crippen LogP contribution < -0.4 is 437 Å². The molecule has 0 saturated heterocycles. The summed E-state index contributed by atoms with van der Waals surface area (Å²) in [5.74, 6) is -4.17. The molecule has 0 aromatic rings. The van der Waals surface area contributed by atoms with Gasteiger partial charge in [-0.1, -0.05) is 272 Å². The predicted octanol–water partition coefficient (Wildman–Crippen LogP) is -13.7. The van der Waals surface area contributed by atoms with E-state index in [4.69, 9.17) is 0 Å². The predicted molar refractivity (Wildman–Crippen MR) is 379 cm³/mol. The van der Waals surface area contributed by atoms with Crippen molar-refractivity contribution in [1.82, 2.24) is 0 Å². The van der Waals surface area contributed by atoms with Gasteiger partial charge < -0.3 is 78.9 Å². The zero-order chi connectivity index (χ0) is 76.1. The molecule has 0 aromatic heterocycles. The Morgan fingerprint density at radius 3 is 0.778 bits per heavy atom. The number of aliphatic hydroxyl groups is 4. The summed E-state index contributed by atoms with van der Waals surface area (Å²) < 4.78 is 107. The van der Waals surface area contributed by atoms with Gasteiger partial charge in [-0.05, 0) is 116 Å². The molecule has 600 valence electrons. The molecule has 0 saturated carbocycles. The van der Waals surface area contributed by atoms with Crippen LogP contribution in [-0.4, -0.2) is 129 Å². The van der Waals surface area contributed by atoms with Gasteiger partial charge in [0, 0.05) is 41.2 Å². The molecule has 0 aromatic carbocycles. The zero-order valence-electron chi connectivity index (χ0n) is 69.8. The molecule has 0 rings (SSSR count). The van der Waals surface area contributed by atoms with E-state index in [2.05, 4.69) is 37.1 Å². The largest absolute Gasteiger partial charge is 1.00 e. The van der Waals surface area contributed by atoms with Crippen LogP contribution in [0.5, 0.6) is 0 Å². The maximum Gasteiger partial charge on any atom is 1.00 e. The van der Waals surface area contributed by atoms with Crippen molar-refractivity contribution < 1.29 is 525 Å². The van der Waals surface area contributed by atoms with Crippen LogP contribution in [0.25, 0.3) is 0 Å². The summed E-state index contributed by atoms with van der Waals surface area (Å²) in [4.78, 5) is 41.1. The Labute approximate surface area is 1000 Å². The number of carbonyl (C=O) groups excluding carboxylic acids is 4. The summed E-state index contributed by atoms with van der Waals surface area (Å²) in [6.07, 6.45) is 39.2. The van der Waals surface area contributed by atoms with Crippen LogP contribution in [0.2, 0.25) is 0 Å². The van der Waals surface area contributed by atoms with Crippen molar-refractivity contribution in [3.05, 3.63) is 0 Å². The minimum absolute atomic E-state index is 0. The Balaban J connectivity index is -0.000000111. The number of aliphatic hydroxyl groups excluding tert-OH is 4. The molecule has 0 aliphatic rings. The fraction of sp³-hybridized carbons (Fsp3) is 0.944. The number of unbranched alkanes of at least 4 members (excludes halogenated alkanes) is 34. The fourth-order valence-electron chi connectivity index (χ4n) is 11.8. The van der Waals surface area contributed by atoms with Gasteiger partial charge in [0.1, 0.15) is 20.2 Å². The first kappa shape index (κ1) is 145. The van der Waals surface area contributed by atoms with E-state index in [9.17, 15) is 104 Å². The van der Waals surface area contributed by atoms with E-state index in [1.807, 2.05) is 0 Å². The average molecular weight is 1830 g/mol. The van der Waals surface area contributed by atoms with Crippen LogP contribution in [0.3, 0.4) is 0 Å².